The Hall–Kier alpha value is -2.15. The van der Waals surface area contributed by atoms with Crippen LogP contribution in [0.5, 0.6) is 0 Å². The molecule has 7 heteroatoms. The van der Waals surface area contributed by atoms with Gasteiger partial charge in [-0.3, -0.25) is 10.5 Å². The first-order valence-electron chi connectivity index (χ1n) is 6.97. The number of nitrogens with two attached hydrogens (primary N) is 2. The highest BCUT2D eigenvalue weighted by molar-refractivity contribution is 5.80. The van der Waals surface area contributed by atoms with Gasteiger partial charge in [0.05, 0.1) is 6.54 Å². The molecule has 0 radical (unpaired) electrons. The van der Waals surface area contributed by atoms with Crippen molar-refractivity contribution in [3.8, 4) is 0 Å². The zero-order chi connectivity index (χ0) is 15.8. The monoisotopic (exact) mass is 294 g/mol. The Labute approximate surface area is 124 Å². The van der Waals surface area contributed by atoms with Gasteiger partial charge in [-0.05, 0) is 29.9 Å². The summed E-state index contributed by atoms with van der Waals surface area (Å²) in [4.78, 5) is 23.5. The van der Waals surface area contributed by atoms with Crippen LogP contribution in [0.25, 0.3) is 0 Å². The molecule has 1 rings (SSSR count). The summed E-state index contributed by atoms with van der Waals surface area (Å²) >= 11 is 0. The zero-order valence-corrected chi connectivity index (χ0v) is 12.0. The fourth-order valence-electron chi connectivity index (χ4n) is 2.47. The third kappa shape index (κ3) is 4.71. The summed E-state index contributed by atoms with van der Waals surface area (Å²) < 4.78 is 0. The minimum atomic E-state index is -0.688. The number of hydrogen-bond donors (Lipinski definition) is 2. The van der Waals surface area contributed by atoms with Gasteiger partial charge in [0, 0.05) is 17.8 Å². The minimum absolute atomic E-state index is 0.0595. The topological polar surface area (TPSA) is 115 Å². The quantitative estimate of drug-likeness (QED) is 0.434. The van der Waals surface area contributed by atoms with Crippen molar-refractivity contribution in [1.29, 1.82) is 0 Å². The van der Waals surface area contributed by atoms with Gasteiger partial charge >= 0.3 is 5.82 Å². The third-order valence-corrected chi connectivity index (χ3v) is 3.51. The lowest BCUT2D eigenvalue weighted by Gasteiger charge is -2.34. The molecular weight excluding hydrogens is 272 g/mol. The van der Waals surface area contributed by atoms with E-state index in [0.717, 1.165) is 38.2 Å². The lowest BCUT2D eigenvalue weighted by molar-refractivity contribution is -0.426. The molecule has 1 aliphatic carbocycles. The van der Waals surface area contributed by atoms with E-state index in [0.29, 0.717) is 5.70 Å². The van der Waals surface area contributed by atoms with Crippen molar-refractivity contribution < 1.29 is 9.72 Å². The lowest BCUT2D eigenvalue weighted by Crippen LogP contribution is -2.43. The van der Waals surface area contributed by atoms with Crippen LogP contribution in [0.4, 0.5) is 0 Å². The molecule has 1 saturated carbocycles. The molecule has 1 aliphatic rings. The molecule has 4 N–H and O–H groups in total. The fourth-order valence-corrected chi connectivity index (χ4v) is 2.47. The Morgan fingerprint density at radius 1 is 1.33 bits per heavy atom. The number of rotatable bonds is 6. The van der Waals surface area contributed by atoms with E-state index in [1.807, 2.05) is 0 Å². The average Bonchev–Trinajstić information content (AvgIpc) is 2.51. The van der Waals surface area contributed by atoms with Crippen molar-refractivity contribution in [2.75, 3.05) is 6.54 Å². The molecule has 0 spiro atoms. The van der Waals surface area contributed by atoms with E-state index in [9.17, 15) is 14.9 Å². The lowest BCUT2D eigenvalue weighted by atomic mass is 9.93. The summed E-state index contributed by atoms with van der Waals surface area (Å²) in [5, 5.41) is 10.5. The first-order valence-corrected chi connectivity index (χ1v) is 6.97. The molecule has 1 amide bonds. The van der Waals surface area contributed by atoms with Crippen LogP contribution in [0.3, 0.4) is 0 Å². The molecule has 0 aromatic heterocycles. The van der Waals surface area contributed by atoms with Gasteiger partial charge in [0.25, 0.3) is 0 Å². The van der Waals surface area contributed by atoms with Crippen LogP contribution in [-0.2, 0) is 4.79 Å². The number of nitrogens with zero attached hydrogens (tertiary/aromatic N) is 2. The van der Waals surface area contributed by atoms with Crippen LogP contribution in [0, 0.1) is 10.1 Å². The van der Waals surface area contributed by atoms with Crippen LogP contribution in [0.15, 0.2) is 36.3 Å². The molecule has 0 saturated heterocycles. The van der Waals surface area contributed by atoms with E-state index in [1.54, 1.807) is 4.90 Å². The highest BCUT2D eigenvalue weighted by atomic mass is 16.6. The summed E-state index contributed by atoms with van der Waals surface area (Å²) in [5.41, 5.74) is 11.2. The number of hydrogen-bond acceptors (Lipinski definition) is 5. The van der Waals surface area contributed by atoms with Gasteiger partial charge in [-0.25, -0.2) is 0 Å². The van der Waals surface area contributed by atoms with Gasteiger partial charge < -0.3 is 20.7 Å². The fraction of sp³-hybridized carbons (Fsp3) is 0.500. The summed E-state index contributed by atoms with van der Waals surface area (Å²) in [6, 6.07) is 0.0595. The summed E-state index contributed by atoms with van der Waals surface area (Å²) in [6.07, 6.45) is 9.14. The maximum Gasteiger partial charge on any atom is 0.314 e. The van der Waals surface area contributed by atoms with Gasteiger partial charge in [0.15, 0.2) is 0 Å². The highest BCUT2D eigenvalue weighted by Gasteiger charge is 2.26. The van der Waals surface area contributed by atoms with Crippen LogP contribution < -0.4 is 11.5 Å². The predicted molar refractivity (Wildman–Crippen MR) is 80.3 cm³/mol. The molecule has 1 fully saturated rings. The first-order chi connectivity index (χ1) is 10.0. The summed E-state index contributed by atoms with van der Waals surface area (Å²) in [7, 11) is 0. The number of nitro groups is 1. The van der Waals surface area contributed by atoms with Gasteiger partial charge in [0.1, 0.15) is 0 Å². The smallest absolute Gasteiger partial charge is 0.314 e. The second-order valence-electron chi connectivity index (χ2n) is 4.90. The normalized spacial score (nSPS) is 17.4. The molecule has 0 aliphatic heterocycles. The van der Waals surface area contributed by atoms with E-state index >= 15 is 0 Å². The molecule has 0 atom stereocenters. The minimum Gasteiger partial charge on any atom is -0.358 e. The number of allylic oxidation sites excluding steroid dienone is 3. The third-order valence-electron chi connectivity index (χ3n) is 3.51. The SMILES string of the molecule is C=C/C(=C\C=C(/N)[N+](=O)[O-])N(C(=O)CN)C1CCCCC1. The van der Waals surface area contributed by atoms with E-state index in [-0.39, 0.29) is 18.5 Å². The van der Waals surface area contributed by atoms with Crippen molar-refractivity contribution in [3.63, 3.8) is 0 Å². The Balaban J connectivity index is 3.05. The largest absolute Gasteiger partial charge is 0.358 e. The average molecular weight is 294 g/mol. The molecule has 0 heterocycles. The van der Waals surface area contributed by atoms with Gasteiger partial charge in [-0.15, -0.1) is 0 Å². The summed E-state index contributed by atoms with van der Waals surface area (Å²) in [6.45, 7) is 3.56. The molecule has 7 nitrogen and oxygen atoms in total. The molecule has 0 aromatic carbocycles. The molecule has 21 heavy (non-hydrogen) atoms. The second kappa shape index (κ2) is 8.21. The highest BCUT2D eigenvalue weighted by Crippen LogP contribution is 2.26. The van der Waals surface area contributed by atoms with Gasteiger partial charge in [-0.2, -0.15) is 0 Å². The maximum atomic E-state index is 12.1. The van der Waals surface area contributed by atoms with E-state index < -0.39 is 10.7 Å². The molecule has 0 aromatic rings. The molecular formula is C14H22N4O3. The van der Waals surface area contributed by atoms with Crippen LogP contribution in [0.1, 0.15) is 32.1 Å². The van der Waals surface area contributed by atoms with Crippen LogP contribution in [-0.4, -0.2) is 28.3 Å². The standard InChI is InChI=1S/C14H22N4O3/c1-2-11(8-9-13(16)18(20)21)17(14(19)10-15)12-6-4-3-5-7-12/h2,8-9,12H,1,3-7,10,15-16H2/b11-8+,13-9+. The molecule has 116 valence electrons. The van der Waals surface area contributed by atoms with E-state index in [2.05, 4.69) is 6.58 Å². The molecule has 0 bridgehead atoms. The molecule has 0 unspecified atom stereocenters. The second-order valence-corrected chi connectivity index (χ2v) is 4.90. The number of carbonyl (C=O) groups excluding carboxylic acids is 1. The van der Waals surface area contributed by atoms with E-state index in [4.69, 9.17) is 11.5 Å². The predicted octanol–water partition coefficient (Wildman–Crippen LogP) is 1.25. The number of amides is 1. The zero-order valence-electron chi connectivity index (χ0n) is 12.0. The van der Waals surface area contributed by atoms with Crippen LogP contribution >= 0.6 is 0 Å². The Bertz CT molecular complexity index is 465. The van der Waals surface area contributed by atoms with Crippen molar-refractivity contribution >= 4 is 5.91 Å². The van der Waals surface area contributed by atoms with Crippen molar-refractivity contribution in [2.45, 2.75) is 38.1 Å². The Morgan fingerprint density at radius 3 is 2.43 bits per heavy atom. The van der Waals surface area contributed by atoms with E-state index in [1.165, 1.54) is 12.2 Å². The van der Waals surface area contributed by atoms with Crippen molar-refractivity contribution in [3.05, 3.63) is 46.4 Å². The summed E-state index contributed by atoms with van der Waals surface area (Å²) in [5.74, 6) is -0.709. The van der Waals surface area contributed by atoms with Crippen molar-refractivity contribution in [2.24, 2.45) is 11.5 Å². The van der Waals surface area contributed by atoms with Gasteiger partial charge in [-0.1, -0.05) is 25.8 Å². The van der Waals surface area contributed by atoms with Crippen molar-refractivity contribution in [1.82, 2.24) is 4.90 Å². The van der Waals surface area contributed by atoms with Crippen LogP contribution in [0.2, 0.25) is 0 Å². The first kappa shape index (κ1) is 16.9. The Morgan fingerprint density at radius 2 is 1.95 bits per heavy atom. The Kier molecular flexibility index (Phi) is 6.61. The number of carbonyl (C=O) groups is 1. The maximum absolute atomic E-state index is 12.1. The van der Waals surface area contributed by atoms with Gasteiger partial charge in [0.2, 0.25) is 5.91 Å².